The zero-order valence-electron chi connectivity index (χ0n) is 71.0. The molecule has 0 radical (unpaired) electrons. The highest BCUT2D eigenvalue weighted by atomic mass is 16.3. The van der Waals surface area contributed by atoms with Crippen LogP contribution in [-0.4, -0.2) is 19.6 Å². The number of hydrogen-bond donors (Lipinski definition) is 1. The lowest BCUT2D eigenvalue weighted by Crippen LogP contribution is -2.17. The second-order valence-corrected chi connectivity index (χ2v) is 16.2. The van der Waals surface area contributed by atoms with Crippen LogP contribution >= 0.6 is 0 Å². The van der Waals surface area contributed by atoms with Gasteiger partial charge in [-0.3, -0.25) is 9.55 Å². The van der Waals surface area contributed by atoms with Crippen LogP contribution in [0.25, 0.3) is 72.7 Å². The number of aromatic nitrogens is 3. The fourth-order valence-corrected chi connectivity index (χ4v) is 7.20. The molecule has 1 N–H and O–H groups in total. The molecule has 0 spiro atoms. The van der Waals surface area contributed by atoms with E-state index in [0.29, 0.717) is 11.6 Å². The van der Waals surface area contributed by atoms with Crippen LogP contribution in [0, 0.1) is 6.85 Å². The Kier molecular flexibility index (Phi) is 4.36. The molecule has 0 fully saturated rings. The molecule has 0 aliphatic rings. The lowest BCUT2D eigenvalue weighted by atomic mass is 9.79. The number of pyridine rings is 1. The second kappa shape index (κ2) is 15.8. The number of phenols is 1. The highest BCUT2D eigenvalue weighted by molar-refractivity contribution is 5.98. The van der Waals surface area contributed by atoms with Crippen molar-refractivity contribution in [1.82, 2.24) is 14.5 Å². The predicted octanol–water partition coefficient (Wildman–Crippen LogP) is 16.0. The number of benzene rings is 6. The van der Waals surface area contributed by atoms with Gasteiger partial charge in [0, 0.05) is 69.5 Å². The van der Waals surface area contributed by atoms with Gasteiger partial charge in [-0.25, -0.2) is 4.98 Å². The van der Waals surface area contributed by atoms with Gasteiger partial charge in [-0.1, -0.05) is 173 Å². The van der Waals surface area contributed by atoms with Crippen LogP contribution in [0.5, 0.6) is 5.75 Å². The minimum absolute atomic E-state index is 0.00359. The van der Waals surface area contributed by atoms with E-state index in [4.69, 9.17) is 51.6 Å². The normalized spacial score (nSPS) is 23.2. The number of aromatic hydroxyl groups is 1. The fraction of sp³-hybridized carbons (Fsp3) is 0.288. The second-order valence-electron chi connectivity index (χ2n) is 16.2. The first-order valence-corrected chi connectivity index (χ1v) is 19.3. The molecule has 0 aliphatic heterocycles. The van der Waals surface area contributed by atoms with E-state index in [1.807, 2.05) is 0 Å². The lowest BCUT2D eigenvalue weighted by molar-refractivity contribution is 0.446. The molecule has 2 aromatic heterocycles. The number of phenolic OH excluding ortho intramolecular Hbond substituents is 1. The van der Waals surface area contributed by atoms with Crippen molar-refractivity contribution in [3.63, 3.8) is 0 Å². The van der Waals surface area contributed by atoms with Crippen LogP contribution in [-0.2, 0) is 21.7 Å². The van der Waals surface area contributed by atoms with Gasteiger partial charge in [-0.15, -0.1) is 0 Å². The Bertz CT molecular complexity index is 4390. The first-order valence-electron chi connectivity index (χ1n) is 37.8. The van der Waals surface area contributed by atoms with Crippen LogP contribution in [0.1, 0.15) is 161 Å². The first-order chi connectivity index (χ1) is 45.0. The van der Waals surface area contributed by atoms with E-state index in [1.54, 1.807) is 57.2 Å². The van der Waals surface area contributed by atoms with Crippen molar-refractivity contribution < 1.29 is 55.8 Å². The molecule has 0 unspecified atom stereocenters. The van der Waals surface area contributed by atoms with Crippen LogP contribution in [0.3, 0.4) is 0 Å². The Balaban J connectivity index is 1.61. The number of imidazole rings is 1. The third-order valence-corrected chi connectivity index (χ3v) is 10.4. The number of fused-ring (bicyclic) bond motifs is 1. The molecule has 0 saturated carbocycles. The molecule has 8 rings (SSSR count). The fourth-order valence-electron chi connectivity index (χ4n) is 7.20. The van der Waals surface area contributed by atoms with Crippen LogP contribution in [0.15, 0.2) is 139 Å². The minimum atomic E-state index is -4.36. The van der Waals surface area contributed by atoms with Crippen molar-refractivity contribution in [2.75, 3.05) is 0 Å². The summed E-state index contributed by atoms with van der Waals surface area (Å²) < 4.78 is 323. The summed E-state index contributed by atoms with van der Waals surface area (Å²) in [5, 5.41) is 13.1. The van der Waals surface area contributed by atoms with Gasteiger partial charge in [0.1, 0.15) is 11.6 Å². The van der Waals surface area contributed by atoms with E-state index in [2.05, 4.69) is 4.98 Å². The van der Waals surface area contributed by atoms with E-state index >= 15 is 0 Å². The number of hydrogen-bond acceptors (Lipinski definition) is 3. The Hall–Kier alpha value is -6.26. The molecular formula is C59H63N3O. The number of aryl methyl sites for hydroxylation is 1. The first kappa shape index (κ1) is 17.4. The van der Waals surface area contributed by atoms with Gasteiger partial charge in [0.2, 0.25) is 0 Å². The zero-order chi connectivity index (χ0) is 76.3. The lowest BCUT2D eigenvalue weighted by Gasteiger charge is -2.27. The van der Waals surface area contributed by atoms with Gasteiger partial charge in [-0.05, 0) is 116 Å². The van der Waals surface area contributed by atoms with Gasteiger partial charge < -0.3 is 5.11 Å². The summed E-state index contributed by atoms with van der Waals surface area (Å²) in [7, 11) is 0. The summed E-state index contributed by atoms with van der Waals surface area (Å²) in [5.74, 6) is -2.39. The van der Waals surface area contributed by atoms with Crippen molar-refractivity contribution in [2.24, 2.45) is 0 Å². The topological polar surface area (TPSA) is 50.9 Å². The monoisotopic (exact) mass is 867 g/mol. The smallest absolute Gasteiger partial charge is 0.149 e. The zero-order valence-corrected chi connectivity index (χ0v) is 34.0. The molecule has 0 atom stereocenters. The summed E-state index contributed by atoms with van der Waals surface area (Å²) in [6, 6.07) is 13.2. The maximum Gasteiger partial charge on any atom is 0.149 e. The molecule has 2 heterocycles. The van der Waals surface area contributed by atoms with Crippen LogP contribution < -0.4 is 0 Å². The van der Waals surface area contributed by atoms with Gasteiger partial charge in [0.05, 0.1) is 37.6 Å². The van der Waals surface area contributed by atoms with E-state index in [-0.39, 0.29) is 56.2 Å². The minimum Gasteiger partial charge on any atom is -0.507 e. The predicted molar refractivity (Wildman–Crippen MR) is 267 cm³/mol. The summed E-state index contributed by atoms with van der Waals surface area (Å²) in [5.41, 5.74) is -21.9. The molecule has 63 heavy (non-hydrogen) atoms. The summed E-state index contributed by atoms with van der Waals surface area (Å²) in [6.45, 7) is -35.6. The third-order valence-electron chi connectivity index (χ3n) is 10.4. The number of para-hydroxylation sites is 1. The maximum atomic E-state index is 13.1. The largest absolute Gasteiger partial charge is 0.507 e. The number of rotatable bonds is 6. The van der Waals surface area contributed by atoms with E-state index in [0.717, 1.165) is 10.6 Å². The van der Waals surface area contributed by atoms with Gasteiger partial charge in [0.25, 0.3) is 0 Å². The van der Waals surface area contributed by atoms with E-state index < -0.39 is 183 Å². The van der Waals surface area contributed by atoms with E-state index in [1.165, 1.54) is 42.5 Å². The van der Waals surface area contributed by atoms with Crippen molar-refractivity contribution in [3.8, 4) is 67.5 Å². The molecule has 6 aromatic carbocycles. The van der Waals surface area contributed by atoms with Crippen LogP contribution in [0.4, 0.5) is 0 Å². The highest BCUT2D eigenvalue weighted by Gasteiger charge is 2.29. The molecule has 0 bridgehead atoms. The molecule has 0 saturated heterocycles. The van der Waals surface area contributed by atoms with Gasteiger partial charge >= 0.3 is 0 Å². The third kappa shape index (κ3) is 8.61. The van der Waals surface area contributed by atoms with Crippen molar-refractivity contribution in [1.29, 1.82) is 0 Å². The Morgan fingerprint density at radius 2 is 1.25 bits per heavy atom. The van der Waals surface area contributed by atoms with Crippen molar-refractivity contribution >= 4 is 11.0 Å². The number of nitrogens with zero attached hydrogens (tertiary/aromatic N) is 3. The van der Waals surface area contributed by atoms with Gasteiger partial charge in [-0.2, -0.15) is 0 Å². The summed E-state index contributed by atoms with van der Waals surface area (Å²) in [4.78, 5) is 9.24. The van der Waals surface area contributed by atoms with Crippen LogP contribution in [0.2, 0.25) is 0 Å². The summed E-state index contributed by atoms with van der Waals surface area (Å²) >= 11 is 0. The van der Waals surface area contributed by atoms with E-state index in [9.17, 15) is 9.22 Å². The maximum absolute atomic E-state index is 13.1. The molecule has 4 heteroatoms. The molecule has 0 aliphatic carbocycles. The SMILES string of the molecule is [2H]c1nc(-c2cc(-c3cccc4c3nc(-c3cc(C(C([2H])([2H])[2H])(C([2H])([2H])[2H])C([2H])([2H])[2H])cc(C(C([2H])([2H])[2H])(C([2H])([2H])[2H])C([2H])([2H])[2H])c3O)n4-c3ccc(C([2H])([2H])[2H])cc3-c3ccccc3)cc(C(C)(C)C)c2)c([2H])c(-c2c([2H])c([2H])c(C(C([2H])([2H])[2H])(C([2H])([2H])[2H])C([2H])([2H])[2H])c([2H])c2[2H])c1[2H]. The molecular weight excluding hydrogens is 767 g/mol. The average molecular weight is 867 g/mol. The average Bonchev–Trinajstić information content (AvgIpc) is 0.782. The molecule has 320 valence electrons. The Morgan fingerprint density at radius 1 is 0.556 bits per heavy atom. The van der Waals surface area contributed by atoms with Crippen molar-refractivity contribution in [2.45, 2.75) is 111 Å². The highest BCUT2D eigenvalue weighted by Crippen LogP contribution is 2.46. The molecule has 0 amide bonds. The summed E-state index contributed by atoms with van der Waals surface area (Å²) in [6.07, 6.45) is -0.976. The van der Waals surface area contributed by atoms with Crippen molar-refractivity contribution in [3.05, 3.63) is 167 Å². The quantitative estimate of drug-likeness (QED) is 0.181. The Morgan fingerprint density at radius 3 is 1.95 bits per heavy atom. The van der Waals surface area contributed by atoms with Gasteiger partial charge in [0.15, 0.2) is 0 Å². The standard InChI is InChI=1S/C59H63N3O/c1-37-22-27-51(47(30-37)39-18-15-14-16-19-39)62-52-21-17-20-46(53(52)61-55(62)48-35-45(58(8,9)10)36-49(54(48)63)59(11,12)13)41-31-42(33-44(32-41)57(5,6)7)50-34-40(28-29-60-50)38-23-25-43(26-24-38)56(2,3)4/h14-36,63H,1-13H3/i1D3,2D3,3D3,4D3,8D3,9D3,10D3,11D3,12D3,13D3,23D,24D,25D,26D,28D,29D,34D. The molecule has 8 aromatic rings. The molecule has 4 nitrogen and oxygen atoms in total. The Labute approximate surface area is 427 Å².